The van der Waals surface area contributed by atoms with Crippen LogP contribution in [-0.4, -0.2) is 33.7 Å². The molecule has 2 aromatic rings. The fourth-order valence-corrected chi connectivity index (χ4v) is 3.37. The molecule has 0 aliphatic carbocycles. The average molecular weight is 322 g/mol. The van der Waals surface area contributed by atoms with Crippen LogP contribution in [0.4, 0.5) is 0 Å². The number of benzene rings is 1. The van der Waals surface area contributed by atoms with Gasteiger partial charge in [0.15, 0.2) is 0 Å². The minimum Gasteiger partial charge on any atom is -0.480 e. The average Bonchev–Trinajstić information content (AvgIpc) is 2.53. The van der Waals surface area contributed by atoms with E-state index in [0.29, 0.717) is 10.5 Å². The van der Waals surface area contributed by atoms with Gasteiger partial charge in [-0.15, -0.1) is 10.2 Å². The molecule has 2 atom stereocenters. The third kappa shape index (κ3) is 3.10. The van der Waals surface area contributed by atoms with Crippen LogP contribution in [0.1, 0.15) is 24.2 Å². The van der Waals surface area contributed by atoms with Gasteiger partial charge in [0.05, 0.1) is 36.7 Å². The van der Waals surface area contributed by atoms with Crippen molar-refractivity contribution < 1.29 is 18.8 Å². The van der Waals surface area contributed by atoms with Gasteiger partial charge in [0.2, 0.25) is 5.88 Å². The van der Waals surface area contributed by atoms with Crippen LogP contribution in [0, 0.1) is 6.92 Å². The summed E-state index contributed by atoms with van der Waals surface area (Å²) in [6, 6.07) is 7.27. The van der Waals surface area contributed by atoms with E-state index in [1.807, 2.05) is 19.1 Å². The maximum absolute atomic E-state index is 12.9. The summed E-state index contributed by atoms with van der Waals surface area (Å²) in [4.78, 5) is 0.856. The smallest absolute Gasteiger partial charge is 0.250 e. The Hall–Kier alpha value is -1.99. The number of aliphatic hydroxyl groups excluding tert-OH is 1. The summed E-state index contributed by atoms with van der Waals surface area (Å²) in [5.74, 6) is 0.238. The lowest BCUT2D eigenvalue weighted by atomic mass is 10.2. The van der Waals surface area contributed by atoms with Gasteiger partial charge in [-0.1, -0.05) is 17.7 Å². The van der Waals surface area contributed by atoms with Crippen molar-refractivity contribution in [3.8, 4) is 11.8 Å². The van der Waals surface area contributed by atoms with Crippen LogP contribution in [0.3, 0.4) is 0 Å². The monoisotopic (exact) mass is 322 g/mol. The van der Waals surface area contributed by atoms with Crippen LogP contribution < -0.4 is 9.47 Å². The zero-order chi connectivity index (χ0) is 16.3. The first kappa shape index (κ1) is 16.4. The van der Waals surface area contributed by atoms with Crippen molar-refractivity contribution in [2.45, 2.75) is 29.7 Å². The highest BCUT2D eigenvalue weighted by molar-refractivity contribution is 7.85. The molecule has 0 aliphatic rings. The molecule has 0 amide bonds. The van der Waals surface area contributed by atoms with E-state index in [1.54, 1.807) is 19.1 Å². The third-order valence-electron chi connectivity index (χ3n) is 3.13. The standard InChI is InChI=1S/C15H18N2O4S/c1-9-5-7-11(8-6-9)22(19)13-12(10(2)18)14(20-3)16-17-15(13)21-4/h5-8,10,18H,1-4H3/t10-,22?/m1/s1. The lowest BCUT2D eigenvalue weighted by Gasteiger charge is -2.16. The summed E-state index contributed by atoms with van der Waals surface area (Å²) in [6.45, 7) is 3.50. The summed E-state index contributed by atoms with van der Waals surface area (Å²) in [7, 11) is 1.25. The maximum atomic E-state index is 12.9. The molecule has 7 heteroatoms. The Bertz CT molecular complexity index is 687. The minimum atomic E-state index is -1.58. The van der Waals surface area contributed by atoms with Crippen molar-refractivity contribution >= 4 is 10.8 Å². The van der Waals surface area contributed by atoms with E-state index in [1.165, 1.54) is 14.2 Å². The Morgan fingerprint density at radius 1 is 1.09 bits per heavy atom. The summed E-state index contributed by atoms with van der Waals surface area (Å²) in [6.07, 6.45) is -0.927. The van der Waals surface area contributed by atoms with Gasteiger partial charge in [0.25, 0.3) is 5.88 Å². The Kier molecular flexibility index (Phi) is 5.10. The number of rotatable bonds is 5. The van der Waals surface area contributed by atoms with E-state index in [2.05, 4.69) is 10.2 Å². The molecule has 1 unspecified atom stereocenters. The first-order chi connectivity index (χ1) is 10.5. The van der Waals surface area contributed by atoms with Gasteiger partial charge >= 0.3 is 0 Å². The molecule has 1 aromatic heterocycles. The molecule has 0 aliphatic heterocycles. The molecular formula is C15H18N2O4S. The molecule has 0 saturated carbocycles. The number of hydrogen-bond donors (Lipinski definition) is 1. The first-order valence-corrected chi connectivity index (χ1v) is 7.79. The first-order valence-electron chi connectivity index (χ1n) is 6.64. The minimum absolute atomic E-state index is 0.107. The predicted octanol–water partition coefficient (Wildman–Crippen LogP) is 2.02. The molecule has 2 rings (SSSR count). The van der Waals surface area contributed by atoms with Crippen LogP contribution in [0.5, 0.6) is 11.8 Å². The maximum Gasteiger partial charge on any atom is 0.250 e. The van der Waals surface area contributed by atoms with Crippen molar-refractivity contribution in [1.82, 2.24) is 10.2 Å². The lowest BCUT2D eigenvalue weighted by molar-refractivity contribution is 0.187. The molecule has 0 bridgehead atoms. The van der Waals surface area contributed by atoms with Crippen LogP contribution >= 0.6 is 0 Å². The Morgan fingerprint density at radius 3 is 2.14 bits per heavy atom. The van der Waals surface area contributed by atoms with Gasteiger partial charge in [0, 0.05) is 4.90 Å². The highest BCUT2D eigenvalue weighted by atomic mass is 32.2. The zero-order valence-electron chi connectivity index (χ0n) is 12.9. The van der Waals surface area contributed by atoms with Crippen molar-refractivity contribution in [3.05, 3.63) is 35.4 Å². The van der Waals surface area contributed by atoms with Crippen LogP contribution in [0.15, 0.2) is 34.1 Å². The number of hydrogen-bond acceptors (Lipinski definition) is 6. The van der Waals surface area contributed by atoms with Crippen LogP contribution in [-0.2, 0) is 10.8 Å². The molecule has 22 heavy (non-hydrogen) atoms. The molecule has 0 radical (unpaired) electrons. The second kappa shape index (κ2) is 6.85. The Balaban J connectivity index is 2.65. The fraction of sp³-hybridized carbons (Fsp3) is 0.333. The van der Waals surface area contributed by atoms with Gasteiger partial charge in [-0.2, -0.15) is 0 Å². The van der Waals surface area contributed by atoms with Crippen molar-refractivity contribution in [3.63, 3.8) is 0 Å². The Labute approximate surface area is 131 Å². The predicted molar refractivity (Wildman–Crippen MR) is 81.6 cm³/mol. The Morgan fingerprint density at radius 2 is 1.64 bits per heavy atom. The van der Waals surface area contributed by atoms with Gasteiger partial charge in [-0.05, 0) is 26.0 Å². The molecule has 6 nitrogen and oxygen atoms in total. The molecule has 0 spiro atoms. The lowest BCUT2D eigenvalue weighted by Crippen LogP contribution is -2.10. The summed E-state index contributed by atoms with van der Waals surface area (Å²) in [5, 5.41) is 17.8. The van der Waals surface area contributed by atoms with Crippen molar-refractivity contribution in [2.75, 3.05) is 14.2 Å². The molecule has 0 saturated heterocycles. The zero-order valence-corrected chi connectivity index (χ0v) is 13.7. The largest absolute Gasteiger partial charge is 0.480 e. The van der Waals surface area contributed by atoms with Crippen molar-refractivity contribution in [2.24, 2.45) is 0 Å². The molecule has 118 valence electrons. The highest BCUT2D eigenvalue weighted by Crippen LogP contribution is 2.35. The van der Waals surface area contributed by atoms with E-state index in [0.717, 1.165) is 5.56 Å². The van der Waals surface area contributed by atoms with E-state index in [9.17, 15) is 9.32 Å². The number of aryl methyl sites for hydroxylation is 1. The number of methoxy groups -OCH3 is 2. The molecule has 1 aromatic carbocycles. The summed E-state index contributed by atoms with van der Waals surface area (Å²) >= 11 is 0. The highest BCUT2D eigenvalue weighted by Gasteiger charge is 2.26. The SMILES string of the molecule is COc1nnc(OC)c(S(=O)c2ccc(C)cc2)c1[C@@H](C)O. The molecule has 1 N–H and O–H groups in total. The van der Waals surface area contributed by atoms with E-state index < -0.39 is 16.9 Å². The molecular weight excluding hydrogens is 304 g/mol. The number of ether oxygens (including phenoxy) is 2. The number of aromatic nitrogens is 2. The van der Waals surface area contributed by atoms with Gasteiger partial charge in [-0.25, -0.2) is 4.21 Å². The van der Waals surface area contributed by atoms with Gasteiger partial charge < -0.3 is 14.6 Å². The molecule has 0 fully saturated rings. The third-order valence-corrected chi connectivity index (χ3v) is 4.59. The van der Waals surface area contributed by atoms with Crippen LogP contribution in [0.2, 0.25) is 0 Å². The topological polar surface area (TPSA) is 81.5 Å². The quantitative estimate of drug-likeness (QED) is 0.907. The van der Waals surface area contributed by atoms with Crippen LogP contribution in [0.25, 0.3) is 0 Å². The normalized spacial score (nSPS) is 13.5. The van der Waals surface area contributed by atoms with Crippen molar-refractivity contribution in [1.29, 1.82) is 0 Å². The second-order valence-electron chi connectivity index (χ2n) is 4.72. The summed E-state index contributed by atoms with van der Waals surface area (Å²) in [5.41, 5.74) is 1.38. The second-order valence-corrected chi connectivity index (χ2v) is 6.14. The summed E-state index contributed by atoms with van der Waals surface area (Å²) < 4.78 is 23.2. The van der Waals surface area contributed by atoms with Gasteiger partial charge in [0.1, 0.15) is 4.90 Å². The van der Waals surface area contributed by atoms with E-state index in [4.69, 9.17) is 9.47 Å². The van der Waals surface area contributed by atoms with E-state index >= 15 is 0 Å². The number of nitrogens with zero attached hydrogens (tertiary/aromatic N) is 2. The fourth-order valence-electron chi connectivity index (χ4n) is 2.01. The number of aliphatic hydroxyl groups is 1. The molecule has 1 heterocycles. The van der Waals surface area contributed by atoms with Gasteiger partial charge in [-0.3, -0.25) is 0 Å². The van der Waals surface area contributed by atoms with E-state index in [-0.39, 0.29) is 16.7 Å².